The summed E-state index contributed by atoms with van der Waals surface area (Å²) in [7, 11) is 0. The second-order valence-corrected chi connectivity index (χ2v) is 5.25. The summed E-state index contributed by atoms with van der Waals surface area (Å²) in [5.74, 6) is -2.90. The highest BCUT2D eigenvalue weighted by Crippen LogP contribution is 2.28. The van der Waals surface area contributed by atoms with E-state index in [1.54, 1.807) is 0 Å². The van der Waals surface area contributed by atoms with Crippen molar-refractivity contribution >= 4 is 23.2 Å². The number of carbonyl (C=O) groups is 2. The molecule has 2 aromatic rings. The third-order valence-corrected chi connectivity index (χ3v) is 3.73. The van der Waals surface area contributed by atoms with Crippen LogP contribution in [0, 0.1) is 11.6 Å². The molecule has 23 heavy (non-hydrogen) atoms. The number of para-hydroxylation sites is 2. The number of benzene rings is 2. The van der Waals surface area contributed by atoms with Crippen molar-refractivity contribution in [3.63, 3.8) is 0 Å². The maximum atomic E-state index is 13.5. The van der Waals surface area contributed by atoms with Gasteiger partial charge in [-0.3, -0.25) is 9.59 Å². The minimum absolute atomic E-state index is 0.399. The molecule has 0 aliphatic carbocycles. The Bertz CT molecular complexity index is 757. The summed E-state index contributed by atoms with van der Waals surface area (Å²) < 4.78 is 27.0. The molecule has 4 nitrogen and oxygen atoms in total. The van der Waals surface area contributed by atoms with Gasteiger partial charge in [-0.05, 0) is 30.2 Å². The quantitative estimate of drug-likeness (QED) is 0.885. The zero-order valence-corrected chi connectivity index (χ0v) is 12.2. The first-order valence-corrected chi connectivity index (χ1v) is 7.18. The van der Waals surface area contributed by atoms with Crippen LogP contribution in [0.15, 0.2) is 42.5 Å². The molecular weight excluding hydrogens is 302 g/mol. The van der Waals surface area contributed by atoms with Crippen molar-refractivity contribution in [2.45, 2.75) is 12.8 Å². The Morgan fingerprint density at radius 3 is 2.48 bits per heavy atom. The lowest BCUT2D eigenvalue weighted by molar-refractivity contribution is -0.125. The van der Waals surface area contributed by atoms with Crippen molar-refractivity contribution in [2.24, 2.45) is 0 Å². The molecule has 0 radical (unpaired) electrons. The Balaban J connectivity index is 1.68. The van der Waals surface area contributed by atoms with Crippen molar-refractivity contribution in [2.75, 3.05) is 16.8 Å². The lowest BCUT2D eigenvalue weighted by Gasteiger charge is -2.17. The van der Waals surface area contributed by atoms with Crippen LogP contribution in [0.5, 0.6) is 0 Å². The first kappa shape index (κ1) is 15.1. The highest BCUT2D eigenvalue weighted by molar-refractivity contribution is 6.09. The minimum atomic E-state index is -0.877. The van der Waals surface area contributed by atoms with Crippen LogP contribution in [0.25, 0.3) is 0 Å². The fourth-order valence-corrected chi connectivity index (χ4v) is 2.63. The third-order valence-electron chi connectivity index (χ3n) is 3.73. The molecular formula is C17H14F2N2O2. The van der Waals surface area contributed by atoms with Gasteiger partial charge in [0.05, 0.1) is 0 Å². The van der Waals surface area contributed by atoms with Crippen LogP contribution in [0.2, 0.25) is 0 Å². The van der Waals surface area contributed by atoms with Crippen LogP contribution in [0.4, 0.5) is 20.2 Å². The molecule has 118 valence electrons. The number of hydrogen-bond donors (Lipinski definition) is 1. The van der Waals surface area contributed by atoms with E-state index in [1.807, 2.05) is 24.3 Å². The molecule has 0 saturated carbocycles. The number of nitrogens with zero attached hydrogens (tertiary/aromatic N) is 1. The lowest BCUT2D eigenvalue weighted by atomic mass is 10.2. The Kier molecular flexibility index (Phi) is 4.06. The molecule has 1 aliphatic rings. The van der Waals surface area contributed by atoms with E-state index in [0.717, 1.165) is 29.8 Å². The average molecular weight is 316 g/mol. The normalized spacial score (nSPS) is 12.9. The number of halogens is 2. The molecule has 0 unspecified atom stereocenters. The van der Waals surface area contributed by atoms with Gasteiger partial charge in [0.25, 0.3) is 0 Å². The molecule has 3 rings (SSSR count). The van der Waals surface area contributed by atoms with Crippen LogP contribution in [0.3, 0.4) is 0 Å². The monoisotopic (exact) mass is 316 g/mol. The predicted molar refractivity (Wildman–Crippen MR) is 82.1 cm³/mol. The van der Waals surface area contributed by atoms with Crippen molar-refractivity contribution < 1.29 is 18.4 Å². The van der Waals surface area contributed by atoms with Crippen molar-refractivity contribution in [3.05, 3.63) is 59.7 Å². The molecule has 6 heteroatoms. The van der Waals surface area contributed by atoms with Crippen LogP contribution >= 0.6 is 0 Å². The number of fused-ring (bicyclic) bond motifs is 1. The molecule has 0 atom stereocenters. The fraction of sp³-hybridized carbons (Fsp3) is 0.176. The average Bonchev–Trinajstić information content (AvgIpc) is 2.95. The first-order chi connectivity index (χ1) is 11.1. The molecule has 2 amide bonds. The second-order valence-electron chi connectivity index (χ2n) is 5.25. The molecule has 1 N–H and O–H groups in total. The number of carbonyl (C=O) groups excluding carboxylic acids is 2. The van der Waals surface area contributed by atoms with E-state index in [1.165, 1.54) is 11.0 Å². The summed E-state index contributed by atoms with van der Waals surface area (Å²) in [5.41, 5.74) is 1.29. The predicted octanol–water partition coefficient (Wildman–Crippen LogP) is 2.88. The highest BCUT2D eigenvalue weighted by atomic mass is 19.1. The van der Waals surface area contributed by atoms with E-state index in [0.29, 0.717) is 6.54 Å². The summed E-state index contributed by atoms with van der Waals surface area (Å²) in [4.78, 5) is 25.7. The van der Waals surface area contributed by atoms with E-state index in [-0.39, 0.29) is 0 Å². The summed E-state index contributed by atoms with van der Waals surface area (Å²) in [6.07, 6.45) is 0.258. The molecule has 0 fully saturated rings. The largest absolute Gasteiger partial charge is 0.321 e. The molecule has 0 bridgehead atoms. The van der Waals surface area contributed by atoms with Crippen LogP contribution in [-0.4, -0.2) is 18.4 Å². The summed E-state index contributed by atoms with van der Waals surface area (Å²) in [6, 6.07) is 10.7. The van der Waals surface area contributed by atoms with Crippen molar-refractivity contribution in [3.8, 4) is 0 Å². The Labute approximate surface area is 131 Å². The fourth-order valence-electron chi connectivity index (χ4n) is 2.63. The maximum absolute atomic E-state index is 13.5. The number of hydrogen-bond acceptors (Lipinski definition) is 2. The smallest absolute Gasteiger partial charge is 0.236 e. The van der Waals surface area contributed by atoms with Gasteiger partial charge in [-0.15, -0.1) is 0 Å². The SMILES string of the molecule is O=C(CC(=O)N1CCc2ccccc21)Nc1c(F)cccc1F. The van der Waals surface area contributed by atoms with Gasteiger partial charge < -0.3 is 10.2 Å². The molecule has 2 aromatic carbocycles. The van der Waals surface area contributed by atoms with Crippen LogP contribution in [0.1, 0.15) is 12.0 Å². The minimum Gasteiger partial charge on any atom is -0.321 e. The number of rotatable bonds is 3. The summed E-state index contributed by atoms with van der Waals surface area (Å²) in [6.45, 7) is 0.500. The molecule has 1 aliphatic heterocycles. The van der Waals surface area contributed by atoms with Gasteiger partial charge in [0.1, 0.15) is 23.7 Å². The molecule has 0 saturated heterocycles. The number of amides is 2. The van der Waals surface area contributed by atoms with Crippen molar-refractivity contribution in [1.82, 2.24) is 0 Å². The van der Waals surface area contributed by atoms with Gasteiger partial charge in [0.2, 0.25) is 11.8 Å². The van der Waals surface area contributed by atoms with Crippen LogP contribution in [-0.2, 0) is 16.0 Å². The van der Waals surface area contributed by atoms with E-state index in [9.17, 15) is 18.4 Å². The van der Waals surface area contributed by atoms with Crippen molar-refractivity contribution in [1.29, 1.82) is 0 Å². The summed E-state index contributed by atoms with van der Waals surface area (Å²) in [5, 5.41) is 2.12. The van der Waals surface area contributed by atoms with E-state index >= 15 is 0 Å². The van der Waals surface area contributed by atoms with Gasteiger partial charge in [0, 0.05) is 12.2 Å². The third kappa shape index (κ3) is 3.06. The molecule has 0 aromatic heterocycles. The van der Waals surface area contributed by atoms with Gasteiger partial charge in [0.15, 0.2) is 0 Å². The van der Waals surface area contributed by atoms with Gasteiger partial charge in [-0.25, -0.2) is 8.78 Å². The lowest BCUT2D eigenvalue weighted by Crippen LogP contribution is -2.32. The summed E-state index contributed by atoms with van der Waals surface area (Å²) >= 11 is 0. The Morgan fingerprint density at radius 2 is 1.74 bits per heavy atom. The molecule has 1 heterocycles. The van der Waals surface area contributed by atoms with Gasteiger partial charge in [-0.2, -0.15) is 0 Å². The van der Waals surface area contributed by atoms with Gasteiger partial charge >= 0.3 is 0 Å². The number of nitrogens with one attached hydrogen (secondary N) is 1. The van der Waals surface area contributed by atoms with E-state index in [4.69, 9.17) is 0 Å². The topological polar surface area (TPSA) is 49.4 Å². The zero-order chi connectivity index (χ0) is 16.4. The number of anilines is 2. The first-order valence-electron chi connectivity index (χ1n) is 7.18. The Hall–Kier alpha value is -2.76. The standard InChI is InChI=1S/C17H14F2N2O2/c18-12-5-3-6-13(19)17(12)20-15(22)10-16(23)21-9-8-11-4-1-2-7-14(11)21/h1-7H,8-10H2,(H,20,22). The zero-order valence-electron chi connectivity index (χ0n) is 12.2. The Morgan fingerprint density at radius 1 is 1.04 bits per heavy atom. The van der Waals surface area contributed by atoms with E-state index < -0.39 is 35.6 Å². The van der Waals surface area contributed by atoms with Crippen LogP contribution < -0.4 is 10.2 Å². The van der Waals surface area contributed by atoms with Gasteiger partial charge in [-0.1, -0.05) is 24.3 Å². The highest BCUT2D eigenvalue weighted by Gasteiger charge is 2.26. The maximum Gasteiger partial charge on any atom is 0.236 e. The molecule has 0 spiro atoms. The second kappa shape index (κ2) is 6.16. The van der Waals surface area contributed by atoms with E-state index in [2.05, 4.69) is 5.32 Å².